The number of aliphatic hydroxyl groups excluding tert-OH is 1. The Bertz CT molecular complexity index is 842. The first-order valence-corrected chi connectivity index (χ1v) is 6.53. The Morgan fingerprint density at radius 3 is 2.43 bits per heavy atom. The summed E-state index contributed by atoms with van der Waals surface area (Å²) in [5.74, 6) is 0. The molecule has 0 radical (unpaired) electrons. The monoisotopic (exact) mass is 344 g/mol. The van der Waals surface area contributed by atoms with Crippen molar-refractivity contribution in [1.29, 1.82) is 0 Å². The largest absolute Gasteiger partial charge is 0.394 e. The summed E-state index contributed by atoms with van der Waals surface area (Å²) in [5.41, 5.74) is -1.56. The number of aromatic nitrogens is 2. The lowest BCUT2D eigenvalue weighted by atomic mass is 10.1. The molecule has 23 heavy (non-hydrogen) atoms. The summed E-state index contributed by atoms with van der Waals surface area (Å²) in [6.45, 7) is 3.56. The second-order valence-corrected chi connectivity index (χ2v) is 5.59. The first-order chi connectivity index (χ1) is 10.2. The average Bonchev–Trinajstić information content (AvgIpc) is 2.46. The molecule has 4 N–H and O–H groups in total. The third-order valence-corrected chi connectivity index (χ3v) is 3.26. The molecule has 0 spiro atoms. The molecule has 10 heteroatoms. The quantitative estimate of drug-likeness (QED) is 0.351. The molecule has 1 aromatic carbocycles. The van der Waals surface area contributed by atoms with Crippen molar-refractivity contribution in [3.8, 4) is 0 Å². The van der Waals surface area contributed by atoms with E-state index in [1.165, 1.54) is 12.1 Å². The smallest absolute Gasteiger partial charge is 0.314 e. The van der Waals surface area contributed by atoms with Gasteiger partial charge in [-0.3, -0.25) is 19.7 Å². The molecule has 9 nitrogen and oxygen atoms in total. The number of aromatic amines is 2. The van der Waals surface area contributed by atoms with E-state index in [9.17, 15) is 24.8 Å². The van der Waals surface area contributed by atoms with Gasteiger partial charge < -0.3 is 20.4 Å². The van der Waals surface area contributed by atoms with E-state index < -0.39 is 21.6 Å². The van der Waals surface area contributed by atoms with Crippen LogP contribution in [0.3, 0.4) is 0 Å². The molecule has 0 bridgehead atoms. The van der Waals surface area contributed by atoms with Gasteiger partial charge in [0.1, 0.15) is 0 Å². The van der Waals surface area contributed by atoms with Gasteiger partial charge in [-0.1, -0.05) is 0 Å². The van der Waals surface area contributed by atoms with Crippen LogP contribution in [-0.2, 0) is 6.54 Å². The molecule has 0 aliphatic heterocycles. The topological polar surface area (TPSA) is 141 Å². The van der Waals surface area contributed by atoms with Crippen molar-refractivity contribution < 1.29 is 10.0 Å². The van der Waals surface area contributed by atoms with Gasteiger partial charge >= 0.3 is 11.1 Å². The minimum absolute atomic E-state index is 0. The summed E-state index contributed by atoms with van der Waals surface area (Å²) >= 11 is 0. The van der Waals surface area contributed by atoms with Gasteiger partial charge in [0.15, 0.2) is 0 Å². The Hall–Kier alpha value is -2.23. The van der Waals surface area contributed by atoms with E-state index in [0.29, 0.717) is 11.1 Å². The molecule has 0 amide bonds. The van der Waals surface area contributed by atoms with Crippen LogP contribution in [0.5, 0.6) is 0 Å². The minimum Gasteiger partial charge on any atom is -0.394 e. The number of nitrogens with one attached hydrogen (secondary N) is 3. The molecule has 1 aromatic heterocycles. The highest BCUT2D eigenvalue weighted by atomic mass is 35.5. The molecule has 0 unspecified atom stereocenters. The molecule has 1 heterocycles. The van der Waals surface area contributed by atoms with Crippen LogP contribution in [0.25, 0.3) is 11.0 Å². The number of rotatable bonds is 5. The number of non-ortho nitro benzene ring substituents is 1. The van der Waals surface area contributed by atoms with Crippen molar-refractivity contribution in [2.24, 2.45) is 0 Å². The van der Waals surface area contributed by atoms with E-state index in [1.54, 1.807) is 13.8 Å². The average molecular weight is 345 g/mol. The fraction of sp³-hybridized carbons (Fsp3) is 0.385. The van der Waals surface area contributed by atoms with Crippen LogP contribution in [0.2, 0.25) is 0 Å². The van der Waals surface area contributed by atoms with Crippen molar-refractivity contribution in [3.05, 3.63) is 48.5 Å². The Kier molecular flexibility index (Phi) is 5.65. The Labute approximate surface area is 136 Å². The third-order valence-electron chi connectivity index (χ3n) is 3.26. The van der Waals surface area contributed by atoms with Gasteiger partial charge in [0.05, 0.1) is 22.6 Å². The lowest BCUT2D eigenvalue weighted by molar-refractivity contribution is -0.384. The van der Waals surface area contributed by atoms with Gasteiger partial charge in [0, 0.05) is 24.2 Å². The van der Waals surface area contributed by atoms with E-state index >= 15 is 0 Å². The van der Waals surface area contributed by atoms with Crippen LogP contribution in [0, 0.1) is 10.1 Å². The van der Waals surface area contributed by atoms with Crippen molar-refractivity contribution in [2.45, 2.75) is 25.9 Å². The Morgan fingerprint density at radius 2 is 1.87 bits per heavy atom. The van der Waals surface area contributed by atoms with Crippen molar-refractivity contribution in [3.63, 3.8) is 0 Å². The predicted molar refractivity (Wildman–Crippen MR) is 87.1 cm³/mol. The molecule has 2 rings (SSSR count). The van der Waals surface area contributed by atoms with Gasteiger partial charge in [0.2, 0.25) is 0 Å². The van der Waals surface area contributed by atoms with E-state index in [2.05, 4.69) is 15.3 Å². The number of nitro benzene ring substituents is 1. The van der Waals surface area contributed by atoms with Crippen molar-refractivity contribution in [2.75, 3.05) is 6.61 Å². The summed E-state index contributed by atoms with van der Waals surface area (Å²) in [7, 11) is 0. The first-order valence-electron chi connectivity index (χ1n) is 6.53. The molecule has 0 aliphatic rings. The number of fused-ring (bicyclic) bond motifs is 1. The molecule has 0 saturated heterocycles. The zero-order valence-corrected chi connectivity index (χ0v) is 13.3. The first kappa shape index (κ1) is 18.8. The number of hydrogen-bond donors (Lipinski definition) is 4. The lowest BCUT2D eigenvalue weighted by Crippen LogP contribution is -2.42. The highest BCUT2D eigenvalue weighted by Crippen LogP contribution is 2.21. The highest BCUT2D eigenvalue weighted by Gasteiger charge is 2.18. The summed E-state index contributed by atoms with van der Waals surface area (Å²) < 4.78 is 0. The zero-order valence-electron chi connectivity index (χ0n) is 12.5. The van der Waals surface area contributed by atoms with Gasteiger partial charge in [-0.05, 0) is 19.4 Å². The maximum Gasteiger partial charge on any atom is 0.314 e. The van der Waals surface area contributed by atoms with Crippen molar-refractivity contribution in [1.82, 2.24) is 15.3 Å². The number of halogens is 1. The highest BCUT2D eigenvalue weighted by molar-refractivity contribution is 5.85. The van der Waals surface area contributed by atoms with E-state index in [-0.39, 0.29) is 36.8 Å². The zero-order chi connectivity index (χ0) is 16.5. The summed E-state index contributed by atoms with van der Waals surface area (Å²) in [5, 5.41) is 23.3. The van der Waals surface area contributed by atoms with Crippen molar-refractivity contribution >= 4 is 29.1 Å². The van der Waals surface area contributed by atoms with Crippen LogP contribution in [0.4, 0.5) is 5.69 Å². The van der Waals surface area contributed by atoms with Crippen LogP contribution < -0.4 is 16.4 Å². The van der Waals surface area contributed by atoms with Gasteiger partial charge in [0.25, 0.3) is 5.69 Å². The molecule has 0 saturated carbocycles. The second kappa shape index (κ2) is 6.90. The normalized spacial score (nSPS) is 11.3. The van der Waals surface area contributed by atoms with Crippen LogP contribution in [-0.4, -0.2) is 32.1 Å². The van der Waals surface area contributed by atoms with Gasteiger partial charge in [-0.25, -0.2) is 0 Å². The molecule has 2 aromatic rings. The maximum atomic E-state index is 11.5. The minimum atomic E-state index is -0.873. The van der Waals surface area contributed by atoms with Crippen LogP contribution in [0.15, 0.2) is 21.7 Å². The second-order valence-electron chi connectivity index (χ2n) is 5.59. The Morgan fingerprint density at radius 1 is 1.26 bits per heavy atom. The summed E-state index contributed by atoms with van der Waals surface area (Å²) in [4.78, 5) is 38.0. The van der Waals surface area contributed by atoms with E-state index in [0.717, 1.165) is 0 Å². The number of aliphatic hydroxyl groups is 1. The lowest BCUT2D eigenvalue weighted by Gasteiger charge is -2.23. The molecular weight excluding hydrogens is 328 g/mol. The summed E-state index contributed by atoms with van der Waals surface area (Å²) in [6, 6.07) is 2.50. The number of benzene rings is 1. The summed E-state index contributed by atoms with van der Waals surface area (Å²) in [6.07, 6.45) is 0. The standard InChI is InChI=1S/C13H16N4O5.ClH/c1-13(2,6-18)14-5-7-3-8(17(21)22)4-9-10(7)16-12(20)11(19)15-9;/h3-4,14,18H,5-6H2,1-2H3,(H,15,19)(H,16,20);1H. The number of H-pyrrole nitrogens is 2. The fourth-order valence-corrected chi connectivity index (χ4v) is 1.92. The predicted octanol–water partition coefficient (Wildman–Crippen LogP) is 0.407. The maximum absolute atomic E-state index is 11.5. The number of nitro groups is 1. The third kappa shape index (κ3) is 4.15. The van der Waals surface area contributed by atoms with Crippen LogP contribution >= 0.6 is 12.4 Å². The molecule has 0 atom stereocenters. The molecule has 0 aliphatic carbocycles. The van der Waals surface area contributed by atoms with Gasteiger partial charge in [-0.2, -0.15) is 0 Å². The molecular formula is C13H17ClN4O5. The number of nitrogens with zero attached hydrogens (tertiary/aromatic N) is 1. The van der Waals surface area contributed by atoms with E-state index in [1.807, 2.05) is 0 Å². The number of hydrogen-bond acceptors (Lipinski definition) is 6. The van der Waals surface area contributed by atoms with E-state index in [4.69, 9.17) is 0 Å². The molecule has 126 valence electrons. The van der Waals surface area contributed by atoms with Gasteiger partial charge in [-0.15, -0.1) is 12.4 Å². The Balaban J connectivity index is 0.00000264. The molecule has 0 fully saturated rings. The fourth-order valence-electron chi connectivity index (χ4n) is 1.92. The SMILES string of the molecule is CC(C)(CO)NCc1cc([N+](=O)[O-])cc2[nH]c(=O)c(=O)[nH]c12.Cl. The van der Waals surface area contributed by atoms with Crippen LogP contribution in [0.1, 0.15) is 19.4 Å².